The minimum atomic E-state index is -0.463. The molecule has 24 heavy (non-hydrogen) atoms. The summed E-state index contributed by atoms with van der Waals surface area (Å²) < 4.78 is 13.2. The van der Waals surface area contributed by atoms with Gasteiger partial charge in [0.05, 0.1) is 5.02 Å². The first-order chi connectivity index (χ1) is 11.6. The van der Waals surface area contributed by atoms with Crippen LogP contribution in [0.4, 0.5) is 21.8 Å². The lowest BCUT2D eigenvalue weighted by atomic mass is 10.2. The van der Waals surface area contributed by atoms with Gasteiger partial charge in [-0.25, -0.2) is 9.37 Å². The van der Waals surface area contributed by atoms with Crippen LogP contribution in [0.1, 0.15) is 5.56 Å². The Labute approximate surface area is 148 Å². The smallest absolute Gasteiger partial charge is 0.224 e. The van der Waals surface area contributed by atoms with E-state index in [-0.39, 0.29) is 5.02 Å². The maximum Gasteiger partial charge on any atom is 0.224 e. The molecule has 0 amide bonds. The second-order valence-electron chi connectivity index (χ2n) is 5.00. The van der Waals surface area contributed by atoms with Gasteiger partial charge in [0.2, 0.25) is 5.95 Å². The van der Waals surface area contributed by atoms with Gasteiger partial charge in [-0.2, -0.15) is 4.98 Å². The maximum atomic E-state index is 13.2. The Morgan fingerprint density at radius 3 is 2.54 bits per heavy atom. The molecule has 1 aromatic heterocycles. The first kappa shape index (κ1) is 16.5. The first-order valence-corrected chi connectivity index (χ1v) is 7.89. The topological polar surface area (TPSA) is 49.8 Å². The first-order valence-electron chi connectivity index (χ1n) is 7.13. The quantitative estimate of drug-likeness (QED) is 0.648. The standard InChI is InChI=1S/C17H13Cl2FN4/c18-12-3-1-11(2-4-12)10-22-17-21-8-7-16(24-17)23-13-5-6-15(20)14(19)9-13/h1-9H,10H2,(H2,21,22,23,24). The molecule has 122 valence electrons. The Balaban J connectivity index is 1.67. The lowest BCUT2D eigenvalue weighted by Crippen LogP contribution is -2.04. The molecule has 0 bridgehead atoms. The number of nitrogens with one attached hydrogen (secondary N) is 2. The van der Waals surface area contributed by atoms with E-state index >= 15 is 0 Å². The zero-order chi connectivity index (χ0) is 16.9. The van der Waals surface area contributed by atoms with Gasteiger partial charge in [-0.1, -0.05) is 35.3 Å². The van der Waals surface area contributed by atoms with Crippen molar-refractivity contribution in [2.45, 2.75) is 6.54 Å². The molecule has 3 rings (SSSR count). The number of hydrogen-bond acceptors (Lipinski definition) is 4. The Hall–Kier alpha value is -2.37. The van der Waals surface area contributed by atoms with Crippen LogP contribution < -0.4 is 10.6 Å². The molecule has 2 N–H and O–H groups in total. The Bertz CT molecular complexity index is 840. The normalized spacial score (nSPS) is 10.5. The number of aromatic nitrogens is 2. The molecule has 3 aromatic rings. The van der Waals surface area contributed by atoms with E-state index in [1.807, 2.05) is 24.3 Å². The zero-order valence-corrected chi connectivity index (χ0v) is 13.9. The SMILES string of the molecule is Fc1ccc(Nc2ccnc(NCc3ccc(Cl)cc3)n2)cc1Cl. The molecule has 4 nitrogen and oxygen atoms in total. The van der Waals surface area contributed by atoms with Crippen molar-refractivity contribution in [3.05, 3.63) is 76.2 Å². The molecule has 1 heterocycles. The molecule has 0 unspecified atom stereocenters. The summed E-state index contributed by atoms with van der Waals surface area (Å²) in [4.78, 5) is 8.53. The van der Waals surface area contributed by atoms with Gasteiger partial charge < -0.3 is 10.6 Å². The van der Waals surface area contributed by atoms with Crippen LogP contribution >= 0.6 is 23.2 Å². The second kappa shape index (κ2) is 7.47. The van der Waals surface area contributed by atoms with Gasteiger partial charge in [0.25, 0.3) is 0 Å². The summed E-state index contributed by atoms with van der Waals surface area (Å²) in [5.41, 5.74) is 1.70. The van der Waals surface area contributed by atoms with Crippen molar-refractivity contribution in [3.63, 3.8) is 0 Å². The van der Waals surface area contributed by atoms with Crippen molar-refractivity contribution in [3.8, 4) is 0 Å². The van der Waals surface area contributed by atoms with Crippen LogP contribution in [0, 0.1) is 5.82 Å². The number of benzene rings is 2. The number of rotatable bonds is 5. The Morgan fingerprint density at radius 2 is 1.79 bits per heavy atom. The summed E-state index contributed by atoms with van der Waals surface area (Å²) in [6, 6.07) is 13.6. The average Bonchev–Trinajstić information content (AvgIpc) is 2.58. The Morgan fingerprint density at radius 1 is 1.00 bits per heavy atom. The minimum absolute atomic E-state index is 0.0511. The average molecular weight is 363 g/mol. The number of nitrogens with zero attached hydrogens (tertiary/aromatic N) is 2. The van der Waals surface area contributed by atoms with Crippen LogP contribution in [0.2, 0.25) is 10.0 Å². The fourth-order valence-corrected chi connectivity index (χ4v) is 2.33. The molecule has 0 fully saturated rings. The highest BCUT2D eigenvalue weighted by atomic mass is 35.5. The van der Waals surface area contributed by atoms with Crippen molar-refractivity contribution in [2.24, 2.45) is 0 Å². The molecule has 0 aliphatic rings. The van der Waals surface area contributed by atoms with E-state index < -0.39 is 5.82 Å². The second-order valence-corrected chi connectivity index (χ2v) is 5.84. The summed E-state index contributed by atoms with van der Waals surface area (Å²) >= 11 is 11.6. The molecule has 0 aliphatic heterocycles. The third kappa shape index (κ3) is 4.34. The summed E-state index contributed by atoms with van der Waals surface area (Å²) in [7, 11) is 0. The van der Waals surface area contributed by atoms with E-state index in [2.05, 4.69) is 20.6 Å². The molecule has 7 heteroatoms. The van der Waals surface area contributed by atoms with Crippen LogP contribution in [0.3, 0.4) is 0 Å². The number of hydrogen-bond donors (Lipinski definition) is 2. The van der Waals surface area contributed by atoms with E-state index in [1.165, 1.54) is 12.1 Å². The highest BCUT2D eigenvalue weighted by Crippen LogP contribution is 2.22. The van der Waals surface area contributed by atoms with Gasteiger partial charge in [-0.15, -0.1) is 0 Å². The largest absolute Gasteiger partial charge is 0.350 e. The fourth-order valence-electron chi connectivity index (χ4n) is 2.02. The number of anilines is 3. The summed E-state index contributed by atoms with van der Waals surface area (Å²) in [6.45, 7) is 0.572. The minimum Gasteiger partial charge on any atom is -0.350 e. The lowest BCUT2D eigenvalue weighted by Gasteiger charge is -2.09. The molecular formula is C17H13Cl2FN4. The van der Waals surface area contributed by atoms with Crippen LogP contribution in [0.25, 0.3) is 0 Å². The third-order valence-corrected chi connectivity index (χ3v) is 3.75. The van der Waals surface area contributed by atoms with Gasteiger partial charge in [-0.05, 0) is 42.0 Å². The van der Waals surface area contributed by atoms with Crippen molar-refractivity contribution >= 4 is 40.7 Å². The molecule has 0 atom stereocenters. The van der Waals surface area contributed by atoms with E-state index in [0.29, 0.717) is 29.0 Å². The van der Waals surface area contributed by atoms with Crippen LogP contribution in [0.15, 0.2) is 54.7 Å². The van der Waals surface area contributed by atoms with E-state index in [9.17, 15) is 4.39 Å². The van der Waals surface area contributed by atoms with Gasteiger partial charge >= 0.3 is 0 Å². The predicted molar refractivity (Wildman–Crippen MR) is 95.5 cm³/mol. The van der Waals surface area contributed by atoms with Gasteiger partial charge in [0.1, 0.15) is 11.6 Å². The lowest BCUT2D eigenvalue weighted by molar-refractivity contribution is 0.628. The van der Waals surface area contributed by atoms with Gasteiger partial charge in [-0.3, -0.25) is 0 Å². The molecule has 0 saturated carbocycles. The fraction of sp³-hybridized carbons (Fsp3) is 0.0588. The van der Waals surface area contributed by atoms with Gasteiger partial charge in [0, 0.05) is 23.5 Å². The van der Waals surface area contributed by atoms with Crippen LogP contribution in [-0.4, -0.2) is 9.97 Å². The van der Waals surface area contributed by atoms with E-state index in [1.54, 1.807) is 18.3 Å². The van der Waals surface area contributed by atoms with Gasteiger partial charge in [0.15, 0.2) is 0 Å². The monoisotopic (exact) mass is 362 g/mol. The molecular weight excluding hydrogens is 350 g/mol. The van der Waals surface area contributed by atoms with Crippen LogP contribution in [0.5, 0.6) is 0 Å². The van der Waals surface area contributed by atoms with Crippen molar-refractivity contribution in [1.82, 2.24) is 9.97 Å². The summed E-state index contributed by atoms with van der Waals surface area (Å²) in [5.74, 6) is 0.588. The molecule has 0 saturated heterocycles. The third-order valence-electron chi connectivity index (χ3n) is 3.21. The highest BCUT2D eigenvalue weighted by Gasteiger charge is 2.03. The maximum absolute atomic E-state index is 13.2. The molecule has 0 aliphatic carbocycles. The number of halogens is 3. The molecule has 0 spiro atoms. The van der Waals surface area contributed by atoms with Crippen LogP contribution in [-0.2, 0) is 6.54 Å². The Kier molecular flexibility index (Phi) is 5.13. The zero-order valence-electron chi connectivity index (χ0n) is 12.4. The van der Waals surface area contributed by atoms with E-state index in [0.717, 1.165) is 5.56 Å². The molecule has 0 radical (unpaired) electrons. The van der Waals surface area contributed by atoms with E-state index in [4.69, 9.17) is 23.2 Å². The van der Waals surface area contributed by atoms with Crippen molar-refractivity contribution < 1.29 is 4.39 Å². The van der Waals surface area contributed by atoms with Crippen molar-refractivity contribution in [2.75, 3.05) is 10.6 Å². The molecule has 2 aromatic carbocycles. The predicted octanol–water partition coefficient (Wildman–Crippen LogP) is 5.28. The summed E-state index contributed by atoms with van der Waals surface area (Å²) in [5, 5.41) is 6.94. The highest BCUT2D eigenvalue weighted by molar-refractivity contribution is 6.31. The summed E-state index contributed by atoms with van der Waals surface area (Å²) in [6.07, 6.45) is 1.63. The van der Waals surface area contributed by atoms with Crippen molar-refractivity contribution in [1.29, 1.82) is 0 Å².